The van der Waals surface area contributed by atoms with Gasteiger partial charge in [0, 0.05) is 0 Å². The van der Waals surface area contributed by atoms with Crippen LogP contribution in [0.15, 0.2) is 88.1 Å². The van der Waals surface area contributed by atoms with E-state index in [9.17, 15) is 4.79 Å². The molecule has 1 aliphatic rings. The standard InChI is InChI=1S/C21H15NO4/c23-21-18(22-20(26-21)19-7-4-12-24-19)13-15-8-10-17(11-9-15)25-14-16-5-2-1-3-6-16/h1-13H,14H2/b18-13-. The van der Waals surface area contributed by atoms with E-state index in [1.165, 1.54) is 6.26 Å². The van der Waals surface area contributed by atoms with Gasteiger partial charge in [0.25, 0.3) is 5.90 Å². The first kappa shape index (κ1) is 15.9. The number of nitrogens with zero attached hydrogens (tertiary/aromatic N) is 1. The summed E-state index contributed by atoms with van der Waals surface area (Å²) in [5.74, 6) is 0.853. The Morgan fingerprint density at radius 1 is 0.962 bits per heavy atom. The predicted octanol–water partition coefficient (Wildman–Crippen LogP) is 4.20. The maximum atomic E-state index is 11.9. The van der Waals surface area contributed by atoms with Crippen LogP contribution in [-0.4, -0.2) is 11.9 Å². The Labute approximate surface area is 150 Å². The largest absolute Gasteiger partial charge is 0.489 e. The molecule has 0 saturated heterocycles. The molecule has 0 aliphatic carbocycles. The second-order valence-electron chi connectivity index (χ2n) is 5.66. The molecule has 2 aromatic carbocycles. The summed E-state index contributed by atoms with van der Waals surface area (Å²) in [6.07, 6.45) is 3.17. The van der Waals surface area contributed by atoms with Crippen molar-refractivity contribution < 1.29 is 18.7 Å². The van der Waals surface area contributed by atoms with Crippen LogP contribution in [0.2, 0.25) is 0 Å². The summed E-state index contributed by atoms with van der Waals surface area (Å²) in [6, 6.07) is 20.8. The van der Waals surface area contributed by atoms with Crippen molar-refractivity contribution in [3.63, 3.8) is 0 Å². The molecule has 1 aromatic heterocycles. The fourth-order valence-electron chi connectivity index (χ4n) is 2.47. The number of hydrogen-bond acceptors (Lipinski definition) is 5. The van der Waals surface area contributed by atoms with E-state index in [1.54, 1.807) is 18.2 Å². The van der Waals surface area contributed by atoms with E-state index in [-0.39, 0.29) is 11.6 Å². The smallest absolute Gasteiger partial charge is 0.363 e. The number of cyclic esters (lactones) is 1. The minimum atomic E-state index is -0.499. The third kappa shape index (κ3) is 3.57. The third-order valence-corrected chi connectivity index (χ3v) is 3.78. The molecular weight excluding hydrogens is 330 g/mol. The fourth-order valence-corrected chi connectivity index (χ4v) is 2.47. The number of carbonyl (C=O) groups excluding carboxylic acids is 1. The molecule has 0 N–H and O–H groups in total. The first-order chi connectivity index (χ1) is 12.8. The van der Waals surface area contributed by atoms with Gasteiger partial charge in [-0.2, -0.15) is 0 Å². The molecule has 0 radical (unpaired) electrons. The van der Waals surface area contributed by atoms with Crippen LogP contribution in [0.3, 0.4) is 0 Å². The van der Waals surface area contributed by atoms with Crippen molar-refractivity contribution >= 4 is 17.9 Å². The molecule has 0 bridgehead atoms. The van der Waals surface area contributed by atoms with Crippen LogP contribution in [0.5, 0.6) is 5.75 Å². The van der Waals surface area contributed by atoms with Crippen LogP contribution >= 0.6 is 0 Å². The molecular formula is C21H15NO4. The maximum absolute atomic E-state index is 11.9. The zero-order valence-electron chi connectivity index (χ0n) is 13.8. The minimum Gasteiger partial charge on any atom is -0.489 e. The molecule has 0 spiro atoms. The van der Waals surface area contributed by atoms with Crippen molar-refractivity contribution in [3.8, 4) is 5.75 Å². The number of rotatable bonds is 5. The normalized spacial score (nSPS) is 15.0. The number of esters is 1. The highest BCUT2D eigenvalue weighted by Crippen LogP contribution is 2.21. The highest BCUT2D eigenvalue weighted by Gasteiger charge is 2.25. The van der Waals surface area contributed by atoms with Crippen molar-refractivity contribution in [2.45, 2.75) is 6.61 Å². The van der Waals surface area contributed by atoms with Gasteiger partial charge in [-0.05, 0) is 41.5 Å². The van der Waals surface area contributed by atoms with Gasteiger partial charge in [0.1, 0.15) is 12.4 Å². The average molecular weight is 345 g/mol. The van der Waals surface area contributed by atoms with Crippen LogP contribution in [-0.2, 0) is 16.1 Å². The van der Waals surface area contributed by atoms with Crippen LogP contribution < -0.4 is 4.74 Å². The number of ether oxygens (including phenoxy) is 2. The molecule has 0 amide bonds. The summed E-state index contributed by atoms with van der Waals surface area (Å²) in [4.78, 5) is 16.1. The molecule has 0 fully saturated rings. The number of hydrogen-bond donors (Lipinski definition) is 0. The van der Waals surface area contributed by atoms with Crippen molar-refractivity contribution in [1.29, 1.82) is 0 Å². The Bertz CT molecular complexity index is 955. The summed E-state index contributed by atoms with van der Waals surface area (Å²) < 4.78 is 16.1. The first-order valence-electron chi connectivity index (χ1n) is 8.11. The lowest BCUT2D eigenvalue weighted by molar-refractivity contribution is -0.130. The van der Waals surface area contributed by atoms with Gasteiger partial charge in [-0.25, -0.2) is 9.79 Å². The molecule has 0 atom stereocenters. The molecule has 0 unspecified atom stereocenters. The van der Waals surface area contributed by atoms with Gasteiger partial charge >= 0.3 is 5.97 Å². The van der Waals surface area contributed by atoms with Crippen LogP contribution in [0.1, 0.15) is 16.9 Å². The summed E-state index contributed by atoms with van der Waals surface area (Å²) in [6.45, 7) is 0.504. The van der Waals surface area contributed by atoms with Crippen LogP contribution in [0, 0.1) is 0 Å². The molecule has 5 nitrogen and oxygen atoms in total. The molecule has 4 rings (SSSR count). The minimum absolute atomic E-state index is 0.175. The third-order valence-electron chi connectivity index (χ3n) is 3.78. The Hall–Kier alpha value is -3.60. The lowest BCUT2D eigenvalue weighted by atomic mass is 10.2. The number of benzene rings is 2. The zero-order valence-corrected chi connectivity index (χ0v) is 13.8. The van der Waals surface area contributed by atoms with E-state index >= 15 is 0 Å². The van der Waals surface area contributed by atoms with Gasteiger partial charge in [0.05, 0.1) is 6.26 Å². The van der Waals surface area contributed by atoms with Gasteiger partial charge in [0.15, 0.2) is 11.5 Å². The van der Waals surface area contributed by atoms with E-state index in [1.807, 2.05) is 54.6 Å². The highest BCUT2D eigenvalue weighted by molar-refractivity contribution is 6.11. The van der Waals surface area contributed by atoms with Gasteiger partial charge in [-0.3, -0.25) is 0 Å². The lowest BCUT2D eigenvalue weighted by Gasteiger charge is -2.06. The highest BCUT2D eigenvalue weighted by atomic mass is 16.6. The first-order valence-corrected chi connectivity index (χ1v) is 8.11. The Morgan fingerprint density at radius 2 is 1.77 bits per heavy atom. The topological polar surface area (TPSA) is 61.0 Å². The second kappa shape index (κ2) is 7.11. The molecule has 2 heterocycles. The Balaban J connectivity index is 1.45. The van der Waals surface area contributed by atoms with E-state index in [4.69, 9.17) is 13.9 Å². The van der Waals surface area contributed by atoms with E-state index in [0.29, 0.717) is 12.4 Å². The van der Waals surface area contributed by atoms with Gasteiger partial charge in [-0.15, -0.1) is 0 Å². The van der Waals surface area contributed by atoms with E-state index in [2.05, 4.69) is 4.99 Å². The number of furan rings is 1. The quantitative estimate of drug-likeness (QED) is 0.513. The molecule has 0 saturated carbocycles. The average Bonchev–Trinajstić information content (AvgIpc) is 3.32. The number of aliphatic imine (C=N–C) groups is 1. The van der Waals surface area contributed by atoms with Crippen molar-refractivity contribution in [1.82, 2.24) is 0 Å². The van der Waals surface area contributed by atoms with E-state index < -0.39 is 5.97 Å². The Morgan fingerprint density at radius 3 is 2.50 bits per heavy atom. The van der Waals surface area contributed by atoms with Gasteiger partial charge in [0.2, 0.25) is 0 Å². The summed E-state index contributed by atoms with van der Waals surface area (Å²) >= 11 is 0. The van der Waals surface area contributed by atoms with E-state index in [0.717, 1.165) is 16.9 Å². The predicted molar refractivity (Wildman–Crippen MR) is 96.5 cm³/mol. The van der Waals surface area contributed by atoms with Crippen molar-refractivity contribution in [2.24, 2.45) is 4.99 Å². The summed E-state index contributed by atoms with van der Waals surface area (Å²) in [5.41, 5.74) is 2.16. The molecule has 128 valence electrons. The number of carbonyl (C=O) groups is 1. The second-order valence-corrected chi connectivity index (χ2v) is 5.66. The maximum Gasteiger partial charge on any atom is 0.363 e. The monoisotopic (exact) mass is 345 g/mol. The van der Waals surface area contributed by atoms with Gasteiger partial charge < -0.3 is 13.9 Å². The fraction of sp³-hybridized carbons (Fsp3) is 0.0476. The molecule has 26 heavy (non-hydrogen) atoms. The van der Waals surface area contributed by atoms with Crippen molar-refractivity contribution in [2.75, 3.05) is 0 Å². The lowest BCUT2D eigenvalue weighted by Crippen LogP contribution is -2.04. The van der Waals surface area contributed by atoms with Crippen LogP contribution in [0.25, 0.3) is 6.08 Å². The zero-order chi connectivity index (χ0) is 17.8. The van der Waals surface area contributed by atoms with Gasteiger partial charge in [-0.1, -0.05) is 42.5 Å². The molecule has 1 aliphatic heterocycles. The van der Waals surface area contributed by atoms with Crippen LogP contribution in [0.4, 0.5) is 0 Å². The molecule has 5 heteroatoms. The van der Waals surface area contributed by atoms with Crippen molar-refractivity contribution in [3.05, 3.63) is 95.6 Å². The summed E-state index contributed by atoms with van der Waals surface area (Å²) in [5, 5.41) is 0. The Kier molecular flexibility index (Phi) is 4.35. The SMILES string of the molecule is O=C1OC(c2ccco2)=N/C1=C\c1ccc(OCc2ccccc2)cc1. The molecule has 3 aromatic rings. The summed E-state index contributed by atoms with van der Waals surface area (Å²) in [7, 11) is 0.